The first kappa shape index (κ1) is 19.3. The van der Waals surface area contributed by atoms with Gasteiger partial charge >= 0.3 is 0 Å². The number of aryl methyl sites for hydroxylation is 2. The number of methoxy groups -OCH3 is 1. The molecule has 0 bridgehead atoms. The van der Waals surface area contributed by atoms with E-state index >= 15 is 0 Å². The summed E-state index contributed by atoms with van der Waals surface area (Å²) in [6, 6.07) is 12.8. The molecule has 0 aromatic heterocycles. The van der Waals surface area contributed by atoms with Crippen LogP contribution in [0.15, 0.2) is 42.5 Å². The van der Waals surface area contributed by atoms with Crippen molar-refractivity contribution in [3.63, 3.8) is 0 Å². The Hall–Kier alpha value is -3.02. The highest BCUT2D eigenvalue weighted by Crippen LogP contribution is 2.27. The standard InChI is InChI=1S/C20H24N2O4/c1-4-26-17-11-10-16(13-18(17)25-3)20(24)22-21-19(23)12-9-15-7-5-14(2)6-8-15/h5-8,10-11,13H,4,9,12H2,1-3H3,(H,21,23)(H,22,24). The van der Waals surface area contributed by atoms with Gasteiger partial charge in [0.1, 0.15) is 0 Å². The van der Waals surface area contributed by atoms with Crippen molar-refractivity contribution in [2.45, 2.75) is 26.7 Å². The summed E-state index contributed by atoms with van der Waals surface area (Å²) in [6.07, 6.45) is 0.898. The Morgan fingerprint density at radius 3 is 2.38 bits per heavy atom. The van der Waals surface area contributed by atoms with Gasteiger partial charge in [-0.05, 0) is 44.0 Å². The van der Waals surface area contributed by atoms with Gasteiger partial charge in [-0.2, -0.15) is 0 Å². The van der Waals surface area contributed by atoms with Gasteiger partial charge in [0.15, 0.2) is 11.5 Å². The molecule has 2 amide bonds. The number of rotatable bonds is 7. The number of hydrazine groups is 1. The molecule has 2 aromatic rings. The van der Waals surface area contributed by atoms with Gasteiger partial charge in [0.05, 0.1) is 13.7 Å². The van der Waals surface area contributed by atoms with Crippen molar-refractivity contribution in [1.82, 2.24) is 10.9 Å². The fourth-order valence-electron chi connectivity index (χ4n) is 2.36. The number of hydrogen-bond acceptors (Lipinski definition) is 4. The minimum absolute atomic E-state index is 0.253. The zero-order chi connectivity index (χ0) is 18.9. The topological polar surface area (TPSA) is 76.7 Å². The van der Waals surface area contributed by atoms with Crippen LogP contribution >= 0.6 is 0 Å². The van der Waals surface area contributed by atoms with Crippen molar-refractivity contribution in [1.29, 1.82) is 0 Å². The lowest BCUT2D eigenvalue weighted by Gasteiger charge is -2.11. The van der Waals surface area contributed by atoms with E-state index in [1.165, 1.54) is 12.7 Å². The minimum atomic E-state index is -0.421. The first-order valence-electron chi connectivity index (χ1n) is 8.49. The minimum Gasteiger partial charge on any atom is -0.493 e. The maximum Gasteiger partial charge on any atom is 0.269 e. The fraction of sp³-hybridized carbons (Fsp3) is 0.300. The maximum atomic E-state index is 12.2. The molecule has 0 aliphatic carbocycles. The summed E-state index contributed by atoms with van der Waals surface area (Å²) in [5.41, 5.74) is 7.46. The van der Waals surface area contributed by atoms with Gasteiger partial charge in [-0.1, -0.05) is 29.8 Å². The summed E-state index contributed by atoms with van der Waals surface area (Å²) >= 11 is 0. The molecule has 0 aliphatic rings. The SMILES string of the molecule is CCOc1ccc(C(=O)NNC(=O)CCc2ccc(C)cc2)cc1OC. The number of carbonyl (C=O) groups excluding carboxylic acids is 2. The Balaban J connectivity index is 1.85. The van der Waals surface area contributed by atoms with Gasteiger partial charge < -0.3 is 9.47 Å². The van der Waals surface area contributed by atoms with Gasteiger partial charge in [-0.15, -0.1) is 0 Å². The number of ether oxygens (including phenoxy) is 2. The third-order valence-electron chi connectivity index (χ3n) is 3.80. The second-order valence-electron chi connectivity index (χ2n) is 5.79. The van der Waals surface area contributed by atoms with Gasteiger partial charge in [0, 0.05) is 12.0 Å². The summed E-state index contributed by atoms with van der Waals surface area (Å²) in [6.45, 7) is 4.38. The zero-order valence-electron chi connectivity index (χ0n) is 15.3. The van der Waals surface area contributed by atoms with Crippen LogP contribution in [0, 0.1) is 6.92 Å². The molecular weight excluding hydrogens is 332 g/mol. The van der Waals surface area contributed by atoms with Crippen LogP contribution < -0.4 is 20.3 Å². The molecule has 0 unspecified atom stereocenters. The van der Waals surface area contributed by atoms with E-state index in [2.05, 4.69) is 10.9 Å². The van der Waals surface area contributed by atoms with E-state index in [9.17, 15) is 9.59 Å². The number of hydrogen-bond donors (Lipinski definition) is 2. The van der Waals surface area contributed by atoms with Crippen LogP contribution in [0.4, 0.5) is 0 Å². The van der Waals surface area contributed by atoms with Crippen LogP contribution in [0.1, 0.15) is 34.8 Å². The highest BCUT2D eigenvalue weighted by molar-refractivity contribution is 5.96. The second-order valence-corrected chi connectivity index (χ2v) is 5.79. The molecule has 0 spiro atoms. The molecule has 138 valence electrons. The molecule has 6 nitrogen and oxygen atoms in total. The summed E-state index contributed by atoms with van der Waals surface area (Å²) in [5, 5.41) is 0. The lowest BCUT2D eigenvalue weighted by atomic mass is 10.1. The zero-order valence-corrected chi connectivity index (χ0v) is 15.3. The smallest absolute Gasteiger partial charge is 0.269 e. The summed E-state index contributed by atoms with van der Waals surface area (Å²) < 4.78 is 10.6. The van der Waals surface area contributed by atoms with Crippen molar-refractivity contribution < 1.29 is 19.1 Å². The molecule has 0 saturated carbocycles. The van der Waals surface area contributed by atoms with Crippen molar-refractivity contribution in [2.75, 3.05) is 13.7 Å². The van der Waals surface area contributed by atoms with Gasteiger partial charge in [0.2, 0.25) is 5.91 Å². The van der Waals surface area contributed by atoms with Crippen LogP contribution in [0.5, 0.6) is 11.5 Å². The van der Waals surface area contributed by atoms with Crippen molar-refractivity contribution in [3.8, 4) is 11.5 Å². The van der Waals surface area contributed by atoms with Crippen LogP contribution in [-0.2, 0) is 11.2 Å². The van der Waals surface area contributed by atoms with Gasteiger partial charge in [-0.25, -0.2) is 0 Å². The molecule has 2 N–H and O–H groups in total. The molecule has 6 heteroatoms. The number of carbonyl (C=O) groups is 2. The van der Waals surface area contributed by atoms with E-state index in [0.29, 0.717) is 30.1 Å². The average molecular weight is 356 g/mol. The normalized spacial score (nSPS) is 10.1. The fourth-order valence-corrected chi connectivity index (χ4v) is 2.36. The molecule has 0 saturated heterocycles. The Morgan fingerprint density at radius 2 is 1.73 bits per heavy atom. The van der Waals surface area contributed by atoms with E-state index in [1.807, 2.05) is 38.1 Å². The molecule has 0 radical (unpaired) electrons. The summed E-state index contributed by atoms with van der Waals surface area (Å²) in [4.78, 5) is 24.1. The Labute approximate surface area is 153 Å². The van der Waals surface area contributed by atoms with Crippen LogP contribution in [0.2, 0.25) is 0 Å². The van der Waals surface area contributed by atoms with Gasteiger partial charge in [0.25, 0.3) is 5.91 Å². The lowest BCUT2D eigenvalue weighted by molar-refractivity contribution is -0.121. The average Bonchev–Trinajstić information content (AvgIpc) is 2.66. The van der Waals surface area contributed by atoms with E-state index in [-0.39, 0.29) is 12.3 Å². The first-order chi connectivity index (χ1) is 12.5. The van der Waals surface area contributed by atoms with Crippen molar-refractivity contribution in [3.05, 3.63) is 59.2 Å². The third-order valence-corrected chi connectivity index (χ3v) is 3.80. The monoisotopic (exact) mass is 356 g/mol. The highest BCUT2D eigenvalue weighted by Gasteiger charge is 2.12. The van der Waals surface area contributed by atoms with Crippen molar-refractivity contribution in [2.24, 2.45) is 0 Å². The van der Waals surface area contributed by atoms with E-state index in [4.69, 9.17) is 9.47 Å². The Bertz CT molecular complexity index is 757. The molecule has 2 aromatic carbocycles. The molecule has 0 aliphatic heterocycles. The van der Waals surface area contributed by atoms with Gasteiger partial charge in [-0.3, -0.25) is 20.4 Å². The molecule has 2 rings (SSSR count). The first-order valence-corrected chi connectivity index (χ1v) is 8.49. The van der Waals surface area contributed by atoms with Crippen LogP contribution in [0.25, 0.3) is 0 Å². The Kier molecular flexibility index (Phi) is 7.02. The number of nitrogens with one attached hydrogen (secondary N) is 2. The largest absolute Gasteiger partial charge is 0.493 e. The number of amides is 2. The summed E-state index contributed by atoms with van der Waals surface area (Å²) in [7, 11) is 1.51. The molecule has 26 heavy (non-hydrogen) atoms. The molecule has 0 heterocycles. The highest BCUT2D eigenvalue weighted by atomic mass is 16.5. The van der Waals surface area contributed by atoms with Crippen LogP contribution in [0.3, 0.4) is 0 Å². The lowest BCUT2D eigenvalue weighted by Crippen LogP contribution is -2.41. The molecule has 0 fully saturated rings. The van der Waals surface area contributed by atoms with Crippen molar-refractivity contribution >= 4 is 11.8 Å². The Morgan fingerprint density at radius 1 is 1.00 bits per heavy atom. The third kappa shape index (κ3) is 5.51. The second kappa shape index (κ2) is 9.46. The van der Waals surface area contributed by atoms with E-state index in [1.54, 1.807) is 18.2 Å². The summed E-state index contributed by atoms with van der Waals surface area (Å²) in [5.74, 6) is 0.353. The van der Waals surface area contributed by atoms with Crippen LogP contribution in [-0.4, -0.2) is 25.5 Å². The predicted molar refractivity (Wildman–Crippen MR) is 99.3 cm³/mol. The molecular formula is C20H24N2O4. The number of benzene rings is 2. The molecule has 0 atom stereocenters. The van der Waals surface area contributed by atoms with E-state index < -0.39 is 5.91 Å². The quantitative estimate of drug-likeness (QED) is 0.748. The predicted octanol–water partition coefficient (Wildman–Crippen LogP) is 2.80. The van der Waals surface area contributed by atoms with E-state index in [0.717, 1.165) is 5.56 Å². The maximum absolute atomic E-state index is 12.2.